The normalized spacial score (nSPS) is 26.7. The zero-order valence-corrected chi connectivity index (χ0v) is 10.1. The molecule has 94 valence electrons. The molecule has 3 N–H and O–H groups in total. The minimum absolute atomic E-state index is 0.0333. The molecule has 1 heterocycles. The average molecular weight is 230 g/mol. The summed E-state index contributed by atoms with van der Waals surface area (Å²) in [5.74, 6) is -0.0333. The van der Waals surface area contributed by atoms with Gasteiger partial charge in [0, 0.05) is 26.8 Å². The molecule has 1 rings (SSSR count). The average Bonchev–Trinajstić information content (AvgIpc) is 2.71. The van der Waals surface area contributed by atoms with Crippen molar-refractivity contribution < 1.29 is 14.3 Å². The maximum absolute atomic E-state index is 11.6. The molecule has 0 aromatic heterocycles. The first-order valence-electron chi connectivity index (χ1n) is 5.73. The molecule has 5 nitrogen and oxygen atoms in total. The molecule has 1 saturated heterocycles. The predicted octanol–water partition coefficient (Wildman–Crippen LogP) is 0.0355. The highest BCUT2D eigenvalue weighted by atomic mass is 16.5. The summed E-state index contributed by atoms with van der Waals surface area (Å²) in [4.78, 5) is 11.6. The number of nitrogens with one attached hydrogen (secondary N) is 1. The second-order valence-electron chi connectivity index (χ2n) is 4.48. The molecule has 2 unspecified atom stereocenters. The Morgan fingerprint density at radius 1 is 1.69 bits per heavy atom. The second-order valence-corrected chi connectivity index (χ2v) is 4.48. The van der Waals surface area contributed by atoms with E-state index in [1.54, 1.807) is 7.11 Å². The minimum atomic E-state index is -0.197. The maximum atomic E-state index is 11.6. The lowest BCUT2D eigenvalue weighted by Crippen LogP contribution is -2.41. The van der Waals surface area contributed by atoms with Crippen LogP contribution in [0.3, 0.4) is 0 Å². The molecule has 5 heteroatoms. The van der Waals surface area contributed by atoms with E-state index in [2.05, 4.69) is 5.32 Å². The van der Waals surface area contributed by atoms with Crippen LogP contribution in [-0.4, -0.2) is 44.4 Å². The van der Waals surface area contributed by atoms with E-state index in [0.29, 0.717) is 19.5 Å². The van der Waals surface area contributed by atoms with Crippen LogP contribution < -0.4 is 11.1 Å². The van der Waals surface area contributed by atoms with Crippen molar-refractivity contribution >= 4 is 5.91 Å². The van der Waals surface area contributed by atoms with Crippen LogP contribution in [-0.2, 0) is 14.3 Å². The topological polar surface area (TPSA) is 73.6 Å². The van der Waals surface area contributed by atoms with Crippen LogP contribution in [0.25, 0.3) is 0 Å². The Labute approximate surface area is 96.7 Å². The third-order valence-corrected chi connectivity index (χ3v) is 2.97. The molecular weight excluding hydrogens is 208 g/mol. The number of hydrogen-bond acceptors (Lipinski definition) is 4. The van der Waals surface area contributed by atoms with Gasteiger partial charge in [0.15, 0.2) is 0 Å². The smallest absolute Gasteiger partial charge is 0.222 e. The fraction of sp³-hybridized carbons (Fsp3) is 0.909. The third kappa shape index (κ3) is 4.08. The first kappa shape index (κ1) is 13.4. The van der Waals surface area contributed by atoms with Gasteiger partial charge in [0.25, 0.3) is 0 Å². The molecule has 0 spiro atoms. The Balaban J connectivity index is 2.24. The zero-order chi connectivity index (χ0) is 12.0. The Morgan fingerprint density at radius 2 is 2.44 bits per heavy atom. The monoisotopic (exact) mass is 230 g/mol. The zero-order valence-electron chi connectivity index (χ0n) is 10.1. The molecule has 0 aromatic carbocycles. The molecule has 1 aliphatic heterocycles. The van der Waals surface area contributed by atoms with Crippen molar-refractivity contribution in [3.05, 3.63) is 0 Å². The van der Waals surface area contributed by atoms with Gasteiger partial charge in [-0.2, -0.15) is 0 Å². The molecular formula is C11H22N2O3. The Bertz CT molecular complexity index is 223. The van der Waals surface area contributed by atoms with Gasteiger partial charge in [0.1, 0.15) is 0 Å². The minimum Gasteiger partial charge on any atom is -0.380 e. The summed E-state index contributed by atoms with van der Waals surface area (Å²) in [5, 5.41) is 2.86. The molecule has 0 radical (unpaired) electrons. The summed E-state index contributed by atoms with van der Waals surface area (Å²) < 4.78 is 10.6. The largest absolute Gasteiger partial charge is 0.380 e. The van der Waals surface area contributed by atoms with Crippen molar-refractivity contribution in [3.8, 4) is 0 Å². The molecule has 1 amide bonds. The molecule has 1 fully saturated rings. The van der Waals surface area contributed by atoms with E-state index in [4.69, 9.17) is 15.2 Å². The van der Waals surface area contributed by atoms with Crippen molar-refractivity contribution in [2.24, 2.45) is 5.73 Å². The fourth-order valence-corrected chi connectivity index (χ4v) is 1.80. The lowest BCUT2D eigenvalue weighted by Gasteiger charge is -2.23. The number of nitrogens with two attached hydrogens (primary N) is 1. The first-order valence-corrected chi connectivity index (χ1v) is 5.73. The van der Waals surface area contributed by atoms with E-state index < -0.39 is 0 Å². The molecule has 0 aromatic rings. The van der Waals surface area contributed by atoms with Crippen LogP contribution in [0.5, 0.6) is 0 Å². The maximum Gasteiger partial charge on any atom is 0.222 e. The summed E-state index contributed by atoms with van der Waals surface area (Å²) in [6.45, 7) is 3.73. The molecule has 0 saturated carbocycles. The number of carbonyl (C=O) groups is 1. The van der Waals surface area contributed by atoms with Gasteiger partial charge in [-0.05, 0) is 19.8 Å². The van der Waals surface area contributed by atoms with Gasteiger partial charge in [-0.1, -0.05) is 0 Å². The summed E-state index contributed by atoms with van der Waals surface area (Å²) in [6, 6.07) is 0. The standard InChI is InChI=1S/C11H22N2O3/c1-11(4-3-5-16-11)8-13-10(14)6-9(7-12)15-2/h9H,3-8,12H2,1-2H3,(H,13,14). The second kappa shape index (κ2) is 6.18. The summed E-state index contributed by atoms with van der Waals surface area (Å²) >= 11 is 0. The van der Waals surface area contributed by atoms with Gasteiger partial charge in [-0.15, -0.1) is 0 Å². The Morgan fingerprint density at radius 3 is 2.94 bits per heavy atom. The van der Waals surface area contributed by atoms with E-state index in [1.165, 1.54) is 0 Å². The molecule has 0 aliphatic carbocycles. The van der Waals surface area contributed by atoms with Gasteiger partial charge in [-0.25, -0.2) is 0 Å². The number of amides is 1. The van der Waals surface area contributed by atoms with Crippen LogP contribution in [0.1, 0.15) is 26.2 Å². The SMILES string of the molecule is COC(CN)CC(=O)NCC1(C)CCCO1. The van der Waals surface area contributed by atoms with Crippen LogP contribution in [0, 0.1) is 0 Å². The van der Waals surface area contributed by atoms with E-state index >= 15 is 0 Å². The van der Waals surface area contributed by atoms with Gasteiger partial charge in [0.05, 0.1) is 18.1 Å². The fourth-order valence-electron chi connectivity index (χ4n) is 1.80. The van der Waals surface area contributed by atoms with E-state index in [-0.39, 0.29) is 17.6 Å². The van der Waals surface area contributed by atoms with Gasteiger partial charge in [0.2, 0.25) is 5.91 Å². The van der Waals surface area contributed by atoms with Crippen molar-refractivity contribution in [2.45, 2.75) is 37.9 Å². The van der Waals surface area contributed by atoms with E-state index in [0.717, 1.165) is 19.4 Å². The molecule has 16 heavy (non-hydrogen) atoms. The van der Waals surface area contributed by atoms with Crippen molar-refractivity contribution in [1.82, 2.24) is 5.32 Å². The van der Waals surface area contributed by atoms with Crippen LogP contribution in [0.2, 0.25) is 0 Å². The predicted molar refractivity (Wildman–Crippen MR) is 61.1 cm³/mol. The number of hydrogen-bond donors (Lipinski definition) is 2. The van der Waals surface area contributed by atoms with Gasteiger partial charge >= 0.3 is 0 Å². The van der Waals surface area contributed by atoms with Gasteiger partial charge in [-0.3, -0.25) is 4.79 Å². The Kier molecular flexibility index (Phi) is 5.18. The molecule has 1 aliphatic rings. The quantitative estimate of drug-likeness (QED) is 0.675. The van der Waals surface area contributed by atoms with Crippen LogP contribution in [0.15, 0.2) is 0 Å². The third-order valence-electron chi connectivity index (χ3n) is 2.97. The summed E-state index contributed by atoms with van der Waals surface area (Å²) in [5.41, 5.74) is 5.25. The highest BCUT2D eigenvalue weighted by Crippen LogP contribution is 2.23. The summed E-state index contributed by atoms with van der Waals surface area (Å²) in [6.07, 6.45) is 2.17. The molecule has 0 bridgehead atoms. The number of carbonyl (C=O) groups excluding carboxylic acids is 1. The van der Waals surface area contributed by atoms with E-state index in [9.17, 15) is 4.79 Å². The van der Waals surface area contributed by atoms with Crippen LogP contribution >= 0.6 is 0 Å². The molecule has 2 atom stereocenters. The van der Waals surface area contributed by atoms with Crippen molar-refractivity contribution in [2.75, 3.05) is 26.8 Å². The highest BCUT2D eigenvalue weighted by molar-refractivity contribution is 5.76. The van der Waals surface area contributed by atoms with E-state index in [1.807, 2.05) is 6.92 Å². The van der Waals surface area contributed by atoms with Crippen molar-refractivity contribution in [3.63, 3.8) is 0 Å². The van der Waals surface area contributed by atoms with Crippen molar-refractivity contribution in [1.29, 1.82) is 0 Å². The van der Waals surface area contributed by atoms with Crippen LogP contribution in [0.4, 0.5) is 0 Å². The number of ether oxygens (including phenoxy) is 2. The van der Waals surface area contributed by atoms with Gasteiger partial charge < -0.3 is 20.5 Å². The number of methoxy groups -OCH3 is 1. The highest BCUT2D eigenvalue weighted by Gasteiger charge is 2.30. The lowest BCUT2D eigenvalue weighted by molar-refractivity contribution is -0.124. The lowest BCUT2D eigenvalue weighted by atomic mass is 10.0. The number of rotatable bonds is 6. The summed E-state index contributed by atoms with van der Waals surface area (Å²) in [7, 11) is 1.56. The Hall–Kier alpha value is -0.650. The first-order chi connectivity index (χ1) is 7.59.